The SMILES string of the molecule is CC1Oc2ccccc2N(CCC(=O)Nc2ccc3c(c2)OCCO3)C1=O. The van der Waals surface area contributed by atoms with Crippen molar-refractivity contribution in [3.8, 4) is 17.2 Å². The third kappa shape index (κ3) is 3.53. The van der Waals surface area contributed by atoms with E-state index in [-0.39, 0.29) is 24.8 Å². The Kier molecular flexibility index (Phi) is 4.58. The highest BCUT2D eigenvalue weighted by Gasteiger charge is 2.31. The second kappa shape index (κ2) is 7.19. The van der Waals surface area contributed by atoms with Crippen molar-refractivity contribution in [2.24, 2.45) is 0 Å². The van der Waals surface area contributed by atoms with Crippen molar-refractivity contribution >= 4 is 23.2 Å². The Bertz CT molecular complexity index is 882. The van der Waals surface area contributed by atoms with E-state index in [0.717, 1.165) is 0 Å². The van der Waals surface area contributed by atoms with Gasteiger partial charge in [-0.05, 0) is 31.2 Å². The summed E-state index contributed by atoms with van der Waals surface area (Å²) in [6, 6.07) is 12.6. The summed E-state index contributed by atoms with van der Waals surface area (Å²) in [6.45, 7) is 2.99. The Labute approximate surface area is 156 Å². The van der Waals surface area contributed by atoms with Crippen molar-refractivity contribution in [1.82, 2.24) is 0 Å². The van der Waals surface area contributed by atoms with Crippen LogP contribution in [0.2, 0.25) is 0 Å². The Morgan fingerprint density at radius 2 is 1.89 bits per heavy atom. The minimum atomic E-state index is -0.569. The lowest BCUT2D eigenvalue weighted by Crippen LogP contribution is -2.45. The first-order chi connectivity index (χ1) is 13.1. The first-order valence-electron chi connectivity index (χ1n) is 8.88. The average molecular weight is 368 g/mol. The largest absolute Gasteiger partial charge is 0.486 e. The van der Waals surface area contributed by atoms with Crippen LogP contribution < -0.4 is 24.4 Å². The number of nitrogens with zero attached hydrogens (tertiary/aromatic N) is 1. The van der Waals surface area contributed by atoms with E-state index in [0.29, 0.717) is 41.8 Å². The molecule has 1 atom stereocenters. The molecule has 1 N–H and O–H groups in total. The van der Waals surface area contributed by atoms with Gasteiger partial charge in [0, 0.05) is 24.7 Å². The van der Waals surface area contributed by atoms with Gasteiger partial charge in [0.25, 0.3) is 5.91 Å². The number of benzene rings is 2. The van der Waals surface area contributed by atoms with Crippen molar-refractivity contribution in [3.05, 3.63) is 42.5 Å². The van der Waals surface area contributed by atoms with Crippen LogP contribution >= 0.6 is 0 Å². The maximum atomic E-state index is 12.5. The molecule has 0 fully saturated rings. The van der Waals surface area contributed by atoms with Gasteiger partial charge in [0.05, 0.1) is 5.69 Å². The number of fused-ring (bicyclic) bond motifs is 2. The van der Waals surface area contributed by atoms with Gasteiger partial charge in [-0.15, -0.1) is 0 Å². The number of amides is 2. The molecule has 0 aromatic heterocycles. The topological polar surface area (TPSA) is 77.1 Å². The Balaban J connectivity index is 1.41. The number of para-hydroxylation sites is 2. The number of anilines is 2. The molecular formula is C20H20N2O5. The summed E-state index contributed by atoms with van der Waals surface area (Å²) in [7, 11) is 0. The summed E-state index contributed by atoms with van der Waals surface area (Å²) < 4.78 is 16.6. The van der Waals surface area contributed by atoms with Gasteiger partial charge in [0.1, 0.15) is 19.0 Å². The third-order valence-electron chi connectivity index (χ3n) is 4.46. The first kappa shape index (κ1) is 17.2. The monoisotopic (exact) mass is 368 g/mol. The minimum absolute atomic E-state index is 0.152. The second-order valence-electron chi connectivity index (χ2n) is 6.37. The fourth-order valence-electron chi connectivity index (χ4n) is 3.15. The molecule has 0 saturated heterocycles. The van der Waals surface area contributed by atoms with E-state index in [2.05, 4.69) is 5.32 Å². The molecule has 0 aliphatic carbocycles. The first-order valence-corrected chi connectivity index (χ1v) is 8.88. The standard InChI is InChI=1S/C20H20N2O5/c1-13-20(24)22(15-4-2-3-5-16(15)27-13)9-8-19(23)21-14-6-7-17-18(12-14)26-11-10-25-17/h2-7,12-13H,8-11H2,1H3,(H,21,23). The summed E-state index contributed by atoms with van der Waals surface area (Å²) in [5.41, 5.74) is 1.32. The highest BCUT2D eigenvalue weighted by atomic mass is 16.6. The normalized spacial score (nSPS) is 17.7. The lowest BCUT2D eigenvalue weighted by Gasteiger charge is -2.32. The Morgan fingerprint density at radius 3 is 2.74 bits per heavy atom. The second-order valence-corrected chi connectivity index (χ2v) is 6.37. The molecule has 2 heterocycles. The number of nitrogens with one attached hydrogen (secondary N) is 1. The van der Waals surface area contributed by atoms with E-state index in [1.807, 2.05) is 24.3 Å². The molecule has 2 aromatic rings. The molecule has 7 heteroatoms. The Hall–Kier alpha value is -3.22. The van der Waals surface area contributed by atoms with Gasteiger partial charge in [-0.25, -0.2) is 0 Å². The van der Waals surface area contributed by atoms with Crippen LogP contribution in [0.3, 0.4) is 0 Å². The van der Waals surface area contributed by atoms with Gasteiger partial charge >= 0.3 is 0 Å². The molecule has 2 aliphatic rings. The van der Waals surface area contributed by atoms with Crippen LogP contribution in [-0.4, -0.2) is 37.7 Å². The number of hydrogen-bond acceptors (Lipinski definition) is 5. The van der Waals surface area contributed by atoms with Gasteiger partial charge < -0.3 is 24.4 Å². The fourth-order valence-corrected chi connectivity index (χ4v) is 3.15. The lowest BCUT2D eigenvalue weighted by molar-refractivity contribution is -0.125. The van der Waals surface area contributed by atoms with Crippen LogP contribution in [0.15, 0.2) is 42.5 Å². The van der Waals surface area contributed by atoms with Crippen LogP contribution in [0.1, 0.15) is 13.3 Å². The molecule has 2 aliphatic heterocycles. The quantitative estimate of drug-likeness (QED) is 0.898. The molecule has 0 spiro atoms. The van der Waals surface area contributed by atoms with Crippen LogP contribution in [0.25, 0.3) is 0 Å². The zero-order valence-electron chi connectivity index (χ0n) is 14.9. The predicted octanol–water partition coefficient (Wildman–Crippen LogP) is 2.60. The molecule has 7 nitrogen and oxygen atoms in total. The van der Waals surface area contributed by atoms with Gasteiger partial charge in [-0.1, -0.05) is 12.1 Å². The van der Waals surface area contributed by atoms with E-state index in [1.54, 1.807) is 30.0 Å². The summed E-state index contributed by atoms with van der Waals surface area (Å²) in [5, 5.41) is 2.84. The molecule has 4 rings (SSSR count). The number of rotatable bonds is 4. The van der Waals surface area contributed by atoms with E-state index >= 15 is 0 Å². The summed E-state index contributed by atoms with van der Waals surface area (Å²) in [4.78, 5) is 26.4. The molecule has 2 aromatic carbocycles. The molecular weight excluding hydrogens is 348 g/mol. The van der Waals surface area contributed by atoms with Crippen molar-refractivity contribution in [1.29, 1.82) is 0 Å². The van der Waals surface area contributed by atoms with Gasteiger partial charge in [0.2, 0.25) is 5.91 Å². The summed E-state index contributed by atoms with van der Waals surface area (Å²) >= 11 is 0. The zero-order valence-corrected chi connectivity index (χ0v) is 14.9. The van der Waals surface area contributed by atoms with Crippen molar-refractivity contribution in [2.75, 3.05) is 30.0 Å². The maximum absolute atomic E-state index is 12.5. The third-order valence-corrected chi connectivity index (χ3v) is 4.46. The number of ether oxygens (including phenoxy) is 3. The molecule has 2 amide bonds. The molecule has 0 saturated carbocycles. The van der Waals surface area contributed by atoms with Crippen molar-refractivity contribution in [3.63, 3.8) is 0 Å². The molecule has 140 valence electrons. The highest BCUT2D eigenvalue weighted by molar-refractivity contribution is 6.00. The van der Waals surface area contributed by atoms with E-state index in [4.69, 9.17) is 14.2 Å². The van der Waals surface area contributed by atoms with Crippen molar-refractivity contribution < 1.29 is 23.8 Å². The number of carbonyl (C=O) groups excluding carboxylic acids is 2. The van der Waals surface area contributed by atoms with E-state index in [1.165, 1.54) is 0 Å². The predicted molar refractivity (Wildman–Crippen MR) is 99.6 cm³/mol. The highest BCUT2D eigenvalue weighted by Crippen LogP contribution is 2.34. The van der Waals surface area contributed by atoms with Gasteiger partial charge in [-0.2, -0.15) is 0 Å². The fraction of sp³-hybridized carbons (Fsp3) is 0.300. The number of hydrogen-bond donors (Lipinski definition) is 1. The number of carbonyl (C=O) groups is 2. The maximum Gasteiger partial charge on any atom is 0.267 e. The van der Waals surface area contributed by atoms with Gasteiger partial charge in [0.15, 0.2) is 17.6 Å². The van der Waals surface area contributed by atoms with Crippen molar-refractivity contribution in [2.45, 2.75) is 19.4 Å². The zero-order chi connectivity index (χ0) is 18.8. The smallest absolute Gasteiger partial charge is 0.267 e. The minimum Gasteiger partial charge on any atom is -0.486 e. The van der Waals surface area contributed by atoms with Crippen LogP contribution in [-0.2, 0) is 9.59 Å². The average Bonchev–Trinajstić information content (AvgIpc) is 2.68. The molecule has 27 heavy (non-hydrogen) atoms. The molecule has 1 unspecified atom stereocenters. The Morgan fingerprint density at radius 1 is 1.11 bits per heavy atom. The summed E-state index contributed by atoms with van der Waals surface area (Å²) in [5.74, 6) is 1.60. The molecule has 0 radical (unpaired) electrons. The van der Waals surface area contributed by atoms with E-state index in [9.17, 15) is 9.59 Å². The van der Waals surface area contributed by atoms with E-state index < -0.39 is 6.10 Å². The van der Waals surface area contributed by atoms with Gasteiger partial charge in [-0.3, -0.25) is 9.59 Å². The van der Waals surface area contributed by atoms with Crippen LogP contribution in [0.4, 0.5) is 11.4 Å². The lowest BCUT2D eigenvalue weighted by atomic mass is 10.1. The molecule has 0 bridgehead atoms. The van der Waals surface area contributed by atoms with Crippen LogP contribution in [0, 0.1) is 0 Å². The van der Waals surface area contributed by atoms with Crippen LogP contribution in [0.5, 0.6) is 17.2 Å². The summed E-state index contributed by atoms with van der Waals surface area (Å²) in [6.07, 6.45) is -0.401.